The van der Waals surface area contributed by atoms with Crippen molar-refractivity contribution in [1.82, 2.24) is 10.2 Å². The second kappa shape index (κ2) is 5.47. The Morgan fingerprint density at radius 1 is 1.16 bits per heavy atom. The van der Waals surface area contributed by atoms with Gasteiger partial charge in [-0.25, -0.2) is 0 Å². The molecular weight excluding hydrogens is 234 g/mol. The molecule has 3 heteroatoms. The number of benzene rings is 1. The summed E-state index contributed by atoms with van der Waals surface area (Å²) >= 11 is 0. The van der Waals surface area contributed by atoms with E-state index in [9.17, 15) is 0 Å². The summed E-state index contributed by atoms with van der Waals surface area (Å²) in [6, 6.07) is 8.63. The Labute approximate surface area is 115 Å². The van der Waals surface area contributed by atoms with E-state index in [-0.39, 0.29) is 0 Å². The van der Waals surface area contributed by atoms with E-state index in [4.69, 9.17) is 5.73 Å². The van der Waals surface area contributed by atoms with Crippen molar-refractivity contribution in [2.75, 3.05) is 5.73 Å². The van der Waals surface area contributed by atoms with Gasteiger partial charge >= 0.3 is 0 Å². The van der Waals surface area contributed by atoms with Crippen molar-refractivity contribution in [3.8, 4) is 11.1 Å². The fraction of sp³-hybridized carbons (Fsp3) is 0.438. The fourth-order valence-electron chi connectivity index (χ4n) is 2.27. The van der Waals surface area contributed by atoms with Crippen LogP contribution in [0.2, 0.25) is 0 Å². The first kappa shape index (κ1) is 13.7. The molecule has 1 unspecified atom stereocenters. The summed E-state index contributed by atoms with van der Waals surface area (Å²) in [4.78, 5) is 0. The van der Waals surface area contributed by atoms with Crippen LogP contribution in [0.1, 0.15) is 57.2 Å². The maximum atomic E-state index is 6.02. The molecule has 0 aliphatic heterocycles. The zero-order valence-corrected chi connectivity index (χ0v) is 12.2. The molecule has 0 saturated carbocycles. The van der Waals surface area contributed by atoms with Crippen molar-refractivity contribution in [1.29, 1.82) is 0 Å². The molecule has 0 aliphatic rings. The number of nitrogens with zero attached hydrogens (tertiary/aromatic N) is 1. The highest BCUT2D eigenvalue weighted by molar-refractivity contribution is 5.76. The highest BCUT2D eigenvalue weighted by Crippen LogP contribution is 2.34. The van der Waals surface area contributed by atoms with Crippen LogP contribution in [-0.2, 0) is 0 Å². The van der Waals surface area contributed by atoms with E-state index < -0.39 is 0 Å². The molecule has 0 spiro atoms. The van der Waals surface area contributed by atoms with Gasteiger partial charge in [0, 0.05) is 11.3 Å². The summed E-state index contributed by atoms with van der Waals surface area (Å²) in [6.07, 6.45) is 1.07. The largest absolute Gasteiger partial charge is 0.382 e. The zero-order chi connectivity index (χ0) is 14.0. The minimum Gasteiger partial charge on any atom is -0.382 e. The summed E-state index contributed by atoms with van der Waals surface area (Å²) in [7, 11) is 0. The van der Waals surface area contributed by atoms with Crippen molar-refractivity contribution < 1.29 is 0 Å². The lowest BCUT2D eigenvalue weighted by Crippen LogP contribution is -1.96. The van der Waals surface area contributed by atoms with Crippen LogP contribution in [0, 0.1) is 0 Å². The van der Waals surface area contributed by atoms with Crippen LogP contribution in [0.4, 0.5) is 5.82 Å². The Morgan fingerprint density at radius 3 is 2.32 bits per heavy atom. The molecule has 1 aromatic heterocycles. The van der Waals surface area contributed by atoms with Gasteiger partial charge in [-0.1, -0.05) is 52.0 Å². The lowest BCUT2D eigenvalue weighted by molar-refractivity contribution is 0.705. The van der Waals surface area contributed by atoms with Crippen LogP contribution in [0.3, 0.4) is 0 Å². The molecule has 1 aromatic carbocycles. The standard InChI is InChI=1S/C16H23N3/c1-5-11(4)15-14(16(17)19-18-15)13-8-6-12(7-9-13)10(2)3/h6-11H,5H2,1-4H3,(H3,17,18,19). The quantitative estimate of drug-likeness (QED) is 0.858. The van der Waals surface area contributed by atoms with E-state index in [1.807, 2.05) is 0 Å². The third-order valence-corrected chi connectivity index (χ3v) is 3.79. The molecule has 19 heavy (non-hydrogen) atoms. The summed E-state index contributed by atoms with van der Waals surface area (Å²) < 4.78 is 0. The Bertz CT molecular complexity index is 538. The minimum absolute atomic E-state index is 0.435. The van der Waals surface area contributed by atoms with Crippen LogP contribution < -0.4 is 5.73 Å². The number of nitrogens with two attached hydrogens (primary N) is 1. The van der Waals surface area contributed by atoms with Gasteiger partial charge in [-0.2, -0.15) is 5.10 Å². The van der Waals surface area contributed by atoms with Gasteiger partial charge in [0.05, 0.1) is 0 Å². The molecule has 0 saturated heterocycles. The Balaban J connectivity index is 2.43. The van der Waals surface area contributed by atoms with Gasteiger partial charge in [0.15, 0.2) is 5.82 Å². The SMILES string of the molecule is CCC(C)c1[nH]nc(N)c1-c1ccc(C(C)C)cc1. The average Bonchev–Trinajstić information content (AvgIpc) is 2.80. The first-order valence-corrected chi connectivity index (χ1v) is 6.98. The number of H-pyrrole nitrogens is 1. The molecule has 102 valence electrons. The number of aromatic amines is 1. The van der Waals surface area contributed by atoms with Crippen LogP contribution in [0.15, 0.2) is 24.3 Å². The number of rotatable bonds is 4. The number of nitrogen functional groups attached to an aromatic ring is 1. The predicted octanol–water partition coefficient (Wildman–Crippen LogP) is 4.30. The first-order chi connectivity index (χ1) is 9.04. The van der Waals surface area contributed by atoms with Crippen LogP contribution >= 0.6 is 0 Å². The smallest absolute Gasteiger partial charge is 0.153 e. The molecule has 2 rings (SSSR count). The molecule has 0 aliphatic carbocycles. The van der Waals surface area contributed by atoms with E-state index in [2.05, 4.69) is 62.2 Å². The maximum absolute atomic E-state index is 6.02. The molecule has 0 amide bonds. The summed E-state index contributed by atoms with van der Waals surface area (Å²) in [6.45, 7) is 8.77. The first-order valence-electron chi connectivity index (χ1n) is 6.98. The third-order valence-electron chi connectivity index (χ3n) is 3.79. The zero-order valence-electron chi connectivity index (χ0n) is 12.2. The van der Waals surface area contributed by atoms with Gasteiger partial charge in [0.25, 0.3) is 0 Å². The van der Waals surface area contributed by atoms with Crippen molar-refractivity contribution in [2.45, 2.75) is 46.0 Å². The molecule has 2 aromatic rings. The number of hydrogen-bond acceptors (Lipinski definition) is 2. The summed E-state index contributed by atoms with van der Waals surface area (Å²) in [5, 5.41) is 7.26. The van der Waals surface area contributed by atoms with E-state index in [0.717, 1.165) is 23.2 Å². The molecule has 0 bridgehead atoms. The number of hydrogen-bond donors (Lipinski definition) is 2. The van der Waals surface area contributed by atoms with Gasteiger partial charge in [-0.3, -0.25) is 5.10 Å². The van der Waals surface area contributed by atoms with Crippen molar-refractivity contribution >= 4 is 5.82 Å². The molecule has 3 nitrogen and oxygen atoms in total. The average molecular weight is 257 g/mol. The number of aromatic nitrogens is 2. The van der Waals surface area contributed by atoms with E-state index in [0.29, 0.717) is 17.7 Å². The predicted molar refractivity (Wildman–Crippen MR) is 81.2 cm³/mol. The van der Waals surface area contributed by atoms with Crippen molar-refractivity contribution in [3.05, 3.63) is 35.5 Å². The molecule has 0 fully saturated rings. The van der Waals surface area contributed by atoms with Gasteiger partial charge in [-0.05, 0) is 29.4 Å². The summed E-state index contributed by atoms with van der Waals surface area (Å²) in [5.74, 6) is 1.57. The molecule has 0 radical (unpaired) electrons. The van der Waals surface area contributed by atoms with Crippen molar-refractivity contribution in [3.63, 3.8) is 0 Å². The normalized spacial score (nSPS) is 12.9. The molecule has 1 atom stereocenters. The van der Waals surface area contributed by atoms with Crippen LogP contribution in [-0.4, -0.2) is 10.2 Å². The van der Waals surface area contributed by atoms with E-state index in [1.165, 1.54) is 5.56 Å². The van der Waals surface area contributed by atoms with E-state index >= 15 is 0 Å². The topological polar surface area (TPSA) is 54.7 Å². The van der Waals surface area contributed by atoms with Gasteiger partial charge < -0.3 is 5.73 Å². The maximum Gasteiger partial charge on any atom is 0.153 e. The van der Waals surface area contributed by atoms with Gasteiger partial charge in [0.1, 0.15) is 0 Å². The minimum atomic E-state index is 0.435. The Hall–Kier alpha value is -1.77. The van der Waals surface area contributed by atoms with E-state index in [1.54, 1.807) is 0 Å². The van der Waals surface area contributed by atoms with Gasteiger partial charge in [-0.15, -0.1) is 0 Å². The van der Waals surface area contributed by atoms with Crippen molar-refractivity contribution in [2.24, 2.45) is 0 Å². The lowest BCUT2D eigenvalue weighted by Gasteiger charge is -2.11. The number of anilines is 1. The second-order valence-corrected chi connectivity index (χ2v) is 5.48. The summed E-state index contributed by atoms with van der Waals surface area (Å²) in [5.41, 5.74) is 10.7. The molecule has 3 N–H and O–H groups in total. The lowest BCUT2D eigenvalue weighted by atomic mass is 9.94. The van der Waals surface area contributed by atoms with Crippen LogP contribution in [0.5, 0.6) is 0 Å². The molecule has 1 heterocycles. The Morgan fingerprint density at radius 2 is 1.79 bits per heavy atom. The number of nitrogens with one attached hydrogen (secondary N) is 1. The molecular formula is C16H23N3. The fourth-order valence-corrected chi connectivity index (χ4v) is 2.27. The highest BCUT2D eigenvalue weighted by atomic mass is 15.2. The Kier molecular flexibility index (Phi) is 3.93. The third kappa shape index (κ3) is 2.65. The van der Waals surface area contributed by atoms with Crippen LogP contribution in [0.25, 0.3) is 11.1 Å². The highest BCUT2D eigenvalue weighted by Gasteiger charge is 2.17. The van der Waals surface area contributed by atoms with Gasteiger partial charge in [0.2, 0.25) is 0 Å². The second-order valence-electron chi connectivity index (χ2n) is 5.48. The monoisotopic (exact) mass is 257 g/mol.